The Morgan fingerprint density at radius 1 is 1.09 bits per heavy atom. The van der Waals surface area contributed by atoms with Crippen molar-refractivity contribution in [3.8, 4) is 0 Å². The fraction of sp³-hybridized carbons (Fsp3) is 0.704. The molecule has 2 aromatic heterocycles. The van der Waals surface area contributed by atoms with E-state index in [9.17, 15) is 9.59 Å². The van der Waals surface area contributed by atoms with E-state index in [-0.39, 0.29) is 23.1 Å². The molecule has 2 aliphatic carbocycles. The van der Waals surface area contributed by atoms with Crippen LogP contribution in [0.3, 0.4) is 0 Å². The molecule has 3 aliphatic rings. The molecule has 7 nitrogen and oxygen atoms in total. The highest BCUT2D eigenvalue weighted by Gasteiger charge is 2.34. The molecule has 3 fully saturated rings. The number of carbonyl (C=O) groups is 2. The van der Waals surface area contributed by atoms with Crippen LogP contribution in [0.2, 0.25) is 0 Å². The van der Waals surface area contributed by atoms with E-state index >= 15 is 0 Å². The molecule has 1 atom stereocenters. The molecule has 2 saturated carbocycles. The maximum absolute atomic E-state index is 13.9. The fourth-order valence-corrected chi connectivity index (χ4v) is 5.52. The molecule has 184 valence electrons. The number of likely N-dealkylation sites (tertiary alicyclic amines) is 1. The van der Waals surface area contributed by atoms with Gasteiger partial charge in [-0.15, -0.1) is 0 Å². The largest absolute Gasteiger partial charge is 0.353 e. The summed E-state index contributed by atoms with van der Waals surface area (Å²) >= 11 is 0. The molecular formula is C27H38N4O3. The van der Waals surface area contributed by atoms with Crippen LogP contribution in [0.15, 0.2) is 10.6 Å². The van der Waals surface area contributed by atoms with Crippen LogP contribution in [0.5, 0.6) is 0 Å². The Hall–Kier alpha value is -2.44. The van der Waals surface area contributed by atoms with E-state index in [2.05, 4.69) is 31.2 Å². The van der Waals surface area contributed by atoms with Crippen molar-refractivity contribution in [2.24, 2.45) is 11.3 Å². The van der Waals surface area contributed by atoms with E-state index in [0.717, 1.165) is 55.3 Å². The Kier molecular flexibility index (Phi) is 6.38. The van der Waals surface area contributed by atoms with Gasteiger partial charge in [0.25, 0.3) is 11.6 Å². The molecule has 0 aromatic carbocycles. The molecule has 3 heterocycles. The quantitative estimate of drug-likeness (QED) is 0.671. The standard InChI is InChI=1S/C27H38N4O3/c1-27(2,3)15-22-23-20(14-21(17-11-12-17)29-25(23)34-30-22)26(33)31-13-7-8-18(16-31)24(32)28-19-9-5-4-6-10-19/h14,17-19H,4-13,15-16H2,1-3H3,(H,28,32). The van der Waals surface area contributed by atoms with Crippen molar-refractivity contribution in [2.45, 2.75) is 96.9 Å². The molecule has 5 rings (SSSR count). The summed E-state index contributed by atoms with van der Waals surface area (Å²) < 4.78 is 5.64. The summed E-state index contributed by atoms with van der Waals surface area (Å²) in [6, 6.07) is 2.27. The Morgan fingerprint density at radius 3 is 2.56 bits per heavy atom. The van der Waals surface area contributed by atoms with E-state index in [1.54, 1.807) is 0 Å². The lowest BCUT2D eigenvalue weighted by atomic mass is 9.89. The number of hydrogen-bond donors (Lipinski definition) is 1. The highest BCUT2D eigenvalue weighted by Crippen LogP contribution is 2.41. The highest BCUT2D eigenvalue weighted by molar-refractivity contribution is 6.06. The number of aromatic nitrogens is 2. The van der Waals surface area contributed by atoms with Gasteiger partial charge in [-0.2, -0.15) is 0 Å². The van der Waals surface area contributed by atoms with Crippen LogP contribution in [-0.4, -0.2) is 46.0 Å². The van der Waals surface area contributed by atoms with Gasteiger partial charge < -0.3 is 14.7 Å². The molecule has 2 amide bonds. The van der Waals surface area contributed by atoms with Gasteiger partial charge in [0, 0.05) is 30.7 Å². The first kappa shape index (κ1) is 23.3. The second-order valence-corrected chi connectivity index (χ2v) is 11.8. The Morgan fingerprint density at radius 2 is 1.85 bits per heavy atom. The minimum atomic E-state index is -0.142. The van der Waals surface area contributed by atoms with Crippen LogP contribution in [0, 0.1) is 11.3 Å². The van der Waals surface area contributed by atoms with Crippen LogP contribution in [0.1, 0.15) is 106 Å². The zero-order valence-corrected chi connectivity index (χ0v) is 20.9. The van der Waals surface area contributed by atoms with Crippen LogP contribution in [0.4, 0.5) is 0 Å². The SMILES string of the molecule is CC(C)(C)Cc1noc2nc(C3CC3)cc(C(=O)N3CCCC(C(=O)NC4CCCCC4)C3)c12. The summed E-state index contributed by atoms with van der Waals surface area (Å²) in [7, 11) is 0. The number of amides is 2. The number of carbonyl (C=O) groups excluding carboxylic acids is 2. The second-order valence-electron chi connectivity index (χ2n) is 11.8. The summed E-state index contributed by atoms with van der Waals surface area (Å²) in [5.41, 5.74) is 2.84. The van der Waals surface area contributed by atoms with E-state index in [1.165, 1.54) is 19.3 Å². The van der Waals surface area contributed by atoms with Crippen LogP contribution < -0.4 is 5.32 Å². The lowest BCUT2D eigenvalue weighted by Crippen LogP contribution is -2.48. The van der Waals surface area contributed by atoms with Crippen LogP contribution in [-0.2, 0) is 11.2 Å². The molecule has 0 bridgehead atoms. The molecule has 0 radical (unpaired) electrons. The third kappa shape index (κ3) is 5.13. The number of nitrogens with one attached hydrogen (secondary N) is 1. The smallest absolute Gasteiger partial charge is 0.259 e. The molecule has 1 unspecified atom stereocenters. The molecule has 7 heteroatoms. The highest BCUT2D eigenvalue weighted by atomic mass is 16.5. The minimum absolute atomic E-state index is 0.00666. The van der Waals surface area contributed by atoms with Gasteiger partial charge in [-0.3, -0.25) is 9.59 Å². The van der Waals surface area contributed by atoms with Gasteiger partial charge in [-0.05, 0) is 56.4 Å². The molecule has 1 saturated heterocycles. The van der Waals surface area contributed by atoms with Gasteiger partial charge in [0.1, 0.15) is 0 Å². The van der Waals surface area contributed by atoms with Gasteiger partial charge in [0.2, 0.25) is 5.91 Å². The molecular weight excluding hydrogens is 428 g/mol. The zero-order valence-electron chi connectivity index (χ0n) is 20.9. The summed E-state index contributed by atoms with van der Waals surface area (Å²) in [6.45, 7) is 7.61. The predicted octanol–water partition coefficient (Wildman–Crippen LogP) is 4.99. The lowest BCUT2D eigenvalue weighted by Gasteiger charge is -2.33. The number of nitrogens with zero attached hydrogens (tertiary/aromatic N) is 3. The summed E-state index contributed by atoms with van der Waals surface area (Å²) in [5.74, 6) is 0.350. The molecule has 1 N–H and O–H groups in total. The first-order valence-electron chi connectivity index (χ1n) is 13.2. The van der Waals surface area contributed by atoms with E-state index in [0.29, 0.717) is 42.7 Å². The van der Waals surface area contributed by atoms with Crippen LogP contribution in [0.25, 0.3) is 11.1 Å². The normalized spacial score (nSPS) is 22.2. The van der Waals surface area contributed by atoms with Gasteiger partial charge >= 0.3 is 0 Å². The average Bonchev–Trinajstić information content (AvgIpc) is 3.60. The summed E-state index contributed by atoms with van der Waals surface area (Å²) in [4.78, 5) is 33.5. The van der Waals surface area contributed by atoms with Crippen molar-refractivity contribution in [1.82, 2.24) is 20.4 Å². The zero-order chi connectivity index (χ0) is 23.9. The van der Waals surface area contributed by atoms with Crippen molar-refractivity contribution in [3.63, 3.8) is 0 Å². The number of fused-ring (bicyclic) bond motifs is 1. The number of piperidine rings is 1. The van der Waals surface area contributed by atoms with Crippen molar-refractivity contribution in [2.75, 3.05) is 13.1 Å². The van der Waals surface area contributed by atoms with Gasteiger partial charge in [-0.25, -0.2) is 4.98 Å². The Balaban J connectivity index is 1.39. The Labute approximate surface area is 202 Å². The summed E-state index contributed by atoms with van der Waals surface area (Å²) in [6.07, 6.45) is 10.4. The van der Waals surface area contributed by atoms with Gasteiger partial charge in [0.05, 0.1) is 22.6 Å². The Bertz CT molecular complexity index is 1060. The average molecular weight is 467 g/mol. The van der Waals surface area contributed by atoms with Crippen molar-refractivity contribution in [3.05, 3.63) is 23.0 Å². The van der Waals surface area contributed by atoms with Gasteiger partial charge in [0.15, 0.2) is 0 Å². The first-order valence-corrected chi connectivity index (χ1v) is 13.2. The third-order valence-corrected chi connectivity index (χ3v) is 7.49. The maximum Gasteiger partial charge on any atom is 0.259 e. The third-order valence-electron chi connectivity index (χ3n) is 7.49. The monoisotopic (exact) mass is 466 g/mol. The van der Waals surface area contributed by atoms with Crippen molar-refractivity contribution >= 4 is 22.9 Å². The van der Waals surface area contributed by atoms with E-state index in [4.69, 9.17) is 9.51 Å². The van der Waals surface area contributed by atoms with E-state index < -0.39 is 0 Å². The number of pyridine rings is 1. The molecule has 34 heavy (non-hydrogen) atoms. The minimum Gasteiger partial charge on any atom is -0.353 e. The fourth-order valence-electron chi connectivity index (χ4n) is 5.52. The van der Waals surface area contributed by atoms with Crippen LogP contribution >= 0.6 is 0 Å². The van der Waals surface area contributed by atoms with Crippen molar-refractivity contribution < 1.29 is 14.1 Å². The number of hydrogen-bond acceptors (Lipinski definition) is 5. The summed E-state index contributed by atoms with van der Waals surface area (Å²) in [5, 5.41) is 8.34. The first-order chi connectivity index (χ1) is 16.3. The molecule has 0 spiro atoms. The number of rotatable bonds is 5. The lowest BCUT2D eigenvalue weighted by molar-refractivity contribution is -0.127. The topological polar surface area (TPSA) is 88.3 Å². The maximum atomic E-state index is 13.9. The predicted molar refractivity (Wildman–Crippen MR) is 131 cm³/mol. The second kappa shape index (κ2) is 9.31. The van der Waals surface area contributed by atoms with E-state index in [1.807, 2.05) is 11.0 Å². The molecule has 1 aliphatic heterocycles. The van der Waals surface area contributed by atoms with Gasteiger partial charge in [-0.1, -0.05) is 45.2 Å². The molecule has 2 aromatic rings. The van der Waals surface area contributed by atoms with Crippen molar-refractivity contribution in [1.29, 1.82) is 0 Å².